The van der Waals surface area contributed by atoms with Crippen LogP contribution in [0.15, 0.2) is 65.6 Å². The highest BCUT2D eigenvalue weighted by Crippen LogP contribution is 2.39. The monoisotopic (exact) mass is 583 g/mol. The van der Waals surface area contributed by atoms with Gasteiger partial charge in [-0.3, -0.25) is 14.9 Å². The molecule has 0 aliphatic carbocycles. The maximum absolute atomic E-state index is 13.8. The van der Waals surface area contributed by atoms with E-state index in [0.29, 0.717) is 48.9 Å². The summed E-state index contributed by atoms with van der Waals surface area (Å²) in [5.74, 6) is 1.22. The molecule has 218 valence electrons. The average Bonchev–Trinajstić information content (AvgIpc) is 2.99. The first-order valence-corrected chi connectivity index (χ1v) is 14.6. The number of carbonyl (C=O) groups excluding carboxylic acids is 1. The summed E-state index contributed by atoms with van der Waals surface area (Å²) in [5, 5.41) is 11.0. The van der Waals surface area contributed by atoms with Crippen LogP contribution in [0.2, 0.25) is 0 Å². The molecule has 0 saturated carbocycles. The van der Waals surface area contributed by atoms with Crippen LogP contribution in [0.25, 0.3) is 0 Å². The summed E-state index contributed by atoms with van der Waals surface area (Å²) >= 11 is 0. The summed E-state index contributed by atoms with van der Waals surface area (Å²) in [6.07, 6.45) is 0.559. The minimum absolute atomic E-state index is 0.0551. The lowest BCUT2D eigenvalue weighted by Crippen LogP contribution is -2.42. The number of non-ortho nitro benzene ring substituents is 1. The fourth-order valence-corrected chi connectivity index (χ4v) is 6.40. The molecule has 1 aliphatic heterocycles. The second-order valence-electron chi connectivity index (χ2n) is 9.35. The zero-order valence-corrected chi connectivity index (χ0v) is 24.2. The van der Waals surface area contributed by atoms with E-state index < -0.39 is 21.0 Å². The van der Waals surface area contributed by atoms with Crippen LogP contribution in [0.5, 0.6) is 17.2 Å². The number of rotatable bonds is 11. The number of ether oxygens (including phenoxy) is 3. The molecule has 0 unspecified atom stereocenters. The standard InChI is InChI=1S/C29H33N3O8S/c1-5-30(6-2)41(36,37)24-13-7-20(8-14-24)29(33)31-16-15-21-17-27(38-3)28(39-4)18-25(21)26(31)19-40-23-11-9-22(10-12-23)32(34)35/h7-14,17-18,26H,5-6,15-16,19H2,1-4H3/t26-/m0/s1. The van der Waals surface area contributed by atoms with Crippen LogP contribution in [0.3, 0.4) is 0 Å². The maximum atomic E-state index is 13.8. The third-order valence-electron chi connectivity index (χ3n) is 7.16. The van der Waals surface area contributed by atoms with Gasteiger partial charge in [0.2, 0.25) is 10.0 Å². The number of sulfonamides is 1. The Bertz CT molecular complexity index is 1500. The molecule has 0 spiro atoms. The third-order valence-corrected chi connectivity index (χ3v) is 9.23. The predicted molar refractivity (Wildman–Crippen MR) is 152 cm³/mol. The summed E-state index contributed by atoms with van der Waals surface area (Å²) in [7, 11) is -0.569. The van der Waals surface area contributed by atoms with E-state index in [4.69, 9.17) is 14.2 Å². The summed E-state index contributed by atoms with van der Waals surface area (Å²) in [6.45, 7) is 4.69. The van der Waals surface area contributed by atoms with Crippen LogP contribution in [0.1, 0.15) is 41.4 Å². The number of fused-ring (bicyclic) bond motifs is 1. The van der Waals surface area contributed by atoms with E-state index in [2.05, 4.69) is 0 Å². The van der Waals surface area contributed by atoms with Gasteiger partial charge in [-0.25, -0.2) is 8.42 Å². The van der Waals surface area contributed by atoms with E-state index in [1.807, 2.05) is 12.1 Å². The van der Waals surface area contributed by atoms with Gasteiger partial charge >= 0.3 is 0 Å². The third kappa shape index (κ3) is 6.13. The minimum atomic E-state index is -3.66. The number of methoxy groups -OCH3 is 2. The molecule has 41 heavy (non-hydrogen) atoms. The topological polar surface area (TPSA) is 129 Å². The average molecular weight is 584 g/mol. The predicted octanol–water partition coefficient (Wildman–Crippen LogP) is 4.46. The first kappa shape index (κ1) is 29.8. The number of benzene rings is 3. The number of nitrogens with zero attached hydrogens (tertiary/aromatic N) is 3. The van der Waals surface area contributed by atoms with Gasteiger partial charge in [-0.15, -0.1) is 0 Å². The van der Waals surface area contributed by atoms with Crippen molar-refractivity contribution < 1.29 is 32.3 Å². The molecule has 1 atom stereocenters. The van der Waals surface area contributed by atoms with E-state index in [1.165, 1.54) is 59.9 Å². The van der Waals surface area contributed by atoms with E-state index in [-0.39, 0.29) is 23.1 Å². The Balaban J connectivity index is 1.66. The van der Waals surface area contributed by atoms with Gasteiger partial charge in [0.1, 0.15) is 12.4 Å². The van der Waals surface area contributed by atoms with Gasteiger partial charge in [0, 0.05) is 37.3 Å². The van der Waals surface area contributed by atoms with E-state index in [0.717, 1.165) is 11.1 Å². The van der Waals surface area contributed by atoms with E-state index in [1.54, 1.807) is 25.9 Å². The highest BCUT2D eigenvalue weighted by molar-refractivity contribution is 7.89. The van der Waals surface area contributed by atoms with Crippen LogP contribution in [0, 0.1) is 10.1 Å². The lowest BCUT2D eigenvalue weighted by Gasteiger charge is -2.37. The molecular formula is C29H33N3O8S. The number of nitro benzene ring substituents is 1. The summed E-state index contributed by atoms with van der Waals surface area (Å²) in [5.41, 5.74) is 2.09. The summed E-state index contributed by atoms with van der Waals surface area (Å²) < 4.78 is 44.2. The van der Waals surface area contributed by atoms with Gasteiger partial charge in [-0.1, -0.05) is 13.8 Å². The van der Waals surface area contributed by atoms with Crippen molar-refractivity contribution in [3.05, 3.63) is 87.5 Å². The molecule has 3 aromatic carbocycles. The van der Waals surface area contributed by atoms with Gasteiger partial charge in [0.05, 0.1) is 30.1 Å². The molecule has 1 aliphatic rings. The molecule has 1 amide bonds. The number of carbonyl (C=O) groups is 1. The largest absolute Gasteiger partial charge is 0.493 e. The Morgan fingerprint density at radius 2 is 1.61 bits per heavy atom. The molecule has 0 N–H and O–H groups in total. The molecular weight excluding hydrogens is 550 g/mol. The van der Waals surface area contributed by atoms with Gasteiger partial charge in [0.25, 0.3) is 11.6 Å². The fraction of sp³-hybridized carbons (Fsp3) is 0.345. The van der Waals surface area contributed by atoms with Crippen LogP contribution in [0.4, 0.5) is 5.69 Å². The Morgan fingerprint density at radius 3 is 2.17 bits per heavy atom. The zero-order valence-electron chi connectivity index (χ0n) is 23.4. The van der Waals surface area contributed by atoms with Crippen molar-refractivity contribution in [2.24, 2.45) is 0 Å². The molecule has 0 fully saturated rings. The number of hydrogen-bond acceptors (Lipinski definition) is 8. The molecule has 11 nitrogen and oxygen atoms in total. The Kier molecular flexibility index (Phi) is 9.14. The molecule has 0 saturated heterocycles. The zero-order chi connectivity index (χ0) is 29.7. The highest BCUT2D eigenvalue weighted by atomic mass is 32.2. The summed E-state index contributed by atoms with van der Waals surface area (Å²) in [6, 6.07) is 14.9. The lowest BCUT2D eigenvalue weighted by atomic mass is 9.91. The molecule has 12 heteroatoms. The van der Waals surface area contributed by atoms with Crippen molar-refractivity contribution in [3.63, 3.8) is 0 Å². The molecule has 4 rings (SSSR count). The molecule has 3 aromatic rings. The Labute approximate surface area is 239 Å². The SMILES string of the molecule is CCN(CC)S(=O)(=O)c1ccc(C(=O)N2CCc3cc(OC)c(OC)cc3[C@@H]2COc2ccc([N+](=O)[O-])cc2)cc1. The Hall–Kier alpha value is -4.16. The van der Waals surface area contributed by atoms with Gasteiger partial charge in [-0.05, 0) is 66.1 Å². The summed E-state index contributed by atoms with van der Waals surface area (Å²) in [4.78, 5) is 26.2. The fourth-order valence-electron chi connectivity index (χ4n) is 4.94. The van der Waals surface area contributed by atoms with Crippen LogP contribution >= 0.6 is 0 Å². The minimum Gasteiger partial charge on any atom is -0.493 e. The van der Waals surface area contributed by atoms with Crippen molar-refractivity contribution in [1.82, 2.24) is 9.21 Å². The highest BCUT2D eigenvalue weighted by Gasteiger charge is 2.34. The van der Waals surface area contributed by atoms with Gasteiger partial charge in [0.15, 0.2) is 11.5 Å². The van der Waals surface area contributed by atoms with Gasteiger partial charge < -0.3 is 19.1 Å². The molecule has 0 radical (unpaired) electrons. The maximum Gasteiger partial charge on any atom is 0.269 e. The number of amides is 1. The van der Waals surface area contributed by atoms with Crippen molar-refractivity contribution in [2.45, 2.75) is 31.2 Å². The molecule has 1 heterocycles. The van der Waals surface area contributed by atoms with Gasteiger partial charge in [-0.2, -0.15) is 4.31 Å². The number of nitro groups is 1. The van der Waals surface area contributed by atoms with E-state index in [9.17, 15) is 23.3 Å². The number of hydrogen-bond donors (Lipinski definition) is 0. The second kappa shape index (κ2) is 12.6. The van der Waals surface area contributed by atoms with Crippen LogP contribution in [-0.2, 0) is 16.4 Å². The van der Waals surface area contributed by atoms with Crippen molar-refractivity contribution in [3.8, 4) is 17.2 Å². The first-order valence-electron chi connectivity index (χ1n) is 13.2. The lowest BCUT2D eigenvalue weighted by molar-refractivity contribution is -0.384. The van der Waals surface area contributed by atoms with Crippen molar-refractivity contribution >= 4 is 21.6 Å². The molecule has 0 bridgehead atoms. The van der Waals surface area contributed by atoms with Crippen LogP contribution in [-0.4, -0.2) is 68.9 Å². The first-order chi connectivity index (χ1) is 19.6. The smallest absolute Gasteiger partial charge is 0.269 e. The Morgan fingerprint density at radius 1 is 1.00 bits per heavy atom. The molecule has 0 aromatic heterocycles. The quantitative estimate of drug-likeness (QED) is 0.239. The van der Waals surface area contributed by atoms with Crippen LogP contribution < -0.4 is 14.2 Å². The van der Waals surface area contributed by atoms with Crippen molar-refractivity contribution in [2.75, 3.05) is 40.5 Å². The second-order valence-corrected chi connectivity index (χ2v) is 11.3. The normalized spacial score (nSPS) is 14.9. The van der Waals surface area contributed by atoms with E-state index >= 15 is 0 Å². The van der Waals surface area contributed by atoms with Crippen molar-refractivity contribution in [1.29, 1.82) is 0 Å².